The van der Waals surface area contributed by atoms with Gasteiger partial charge >= 0.3 is 0 Å². The summed E-state index contributed by atoms with van der Waals surface area (Å²) in [5, 5.41) is 0. The van der Waals surface area contributed by atoms with Crippen LogP contribution in [0.25, 0.3) is 0 Å². The summed E-state index contributed by atoms with van der Waals surface area (Å²) in [5.41, 5.74) is 7.09. The molecule has 0 amide bonds. The zero-order valence-corrected chi connectivity index (χ0v) is 8.27. The van der Waals surface area contributed by atoms with E-state index in [2.05, 4.69) is 19.0 Å². The molecule has 0 bridgehead atoms. The van der Waals surface area contributed by atoms with Gasteiger partial charge in [0.05, 0.1) is 0 Å². The van der Waals surface area contributed by atoms with Crippen LogP contribution in [0.3, 0.4) is 0 Å². The Bertz CT molecular complexity index is 178. The molecular formula is C10H20N2. The number of hydrogen-bond acceptors (Lipinski definition) is 2. The molecule has 2 nitrogen and oxygen atoms in total. The van der Waals surface area contributed by atoms with Crippen molar-refractivity contribution < 1.29 is 0 Å². The van der Waals surface area contributed by atoms with Gasteiger partial charge in [0.2, 0.25) is 0 Å². The van der Waals surface area contributed by atoms with Crippen molar-refractivity contribution in [2.24, 2.45) is 11.1 Å². The molecule has 70 valence electrons. The van der Waals surface area contributed by atoms with Crippen molar-refractivity contribution >= 4 is 0 Å². The lowest BCUT2D eigenvalue weighted by Gasteiger charge is -2.24. The molecule has 0 radical (unpaired) electrons. The first kappa shape index (κ1) is 8.52. The van der Waals surface area contributed by atoms with Gasteiger partial charge in [-0.15, -0.1) is 0 Å². The molecule has 2 saturated carbocycles. The molecule has 0 aromatic rings. The third kappa shape index (κ3) is 1.27. The molecule has 0 aromatic heterocycles. The molecule has 0 aliphatic heterocycles. The van der Waals surface area contributed by atoms with Gasteiger partial charge in [0.15, 0.2) is 0 Å². The summed E-state index contributed by atoms with van der Waals surface area (Å²) in [4.78, 5) is 2.27. The molecule has 0 aromatic carbocycles. The van der Waals surface area contributed by atoms with Crippen molar-refractivity contribution in [2.75, 3.05) is 20.6 Å². The summed E-state index contributed by atoms with van der Waals surface area (Å²) in [7, 11) is 4.29. The van der Waals surface area contributed by atoms with Gasteiger partial charge in [0.25, 0.3) is 0 Å². The minimum absolute atomic E-state index is 0.267. The number of hydrogen-bond donors (Lipinski definition) is 1. The summed E-state index contributed by atoms with van der Waals surface area (Å²) in [6.45, 7) is 1.21. The van der Waals surface area contributed by atoms with Gasteiger partial charge in [-0.2, -0.15) is 0 Å². The molecule has 2 N–H and O–H groups in total. The maximum Gasteiger partial charge on any atom is 0.0213 e. The van der Waals surface area contributed by atoms with E-state index in [4.69, 9.17) is 5.73 Å². The summed E-state index contributed by atoms with van der Waals surface area (Å²) in [5.74, 6) is 0. The highest BCUT2D eigenvalue weighted by molar-refractivity contribution is 5.18. The maximum absolute atomic E-state index is 6.25. The van der Waals surface area contributed by atoms with E-state index in [-0.39, 0.29) is 5.54 Å². The van der Waals surface area contributed by atoms with Crippen LogP contribution in [0.2, 0.25) is 0 Å². The topological polar surface area (TPSA) is 29.3 Å². The summed E-state index contributed by atoms with van der Waals surface area (Å²) < 4.78 is 0. The van der Waals surface area contributed by atoms with Crippen LogP contribution < -0.4 is 5.73 Å². The molecule has 2 heteroatoms. The monoisotopic (exact) mass is 168 g/mol. The second-order valence-corrected chi connectivity index (χ2v) is 4.99. The van der Waals surface area contributed by atoms with Crippen molar-refractivity contribution in [3.63, 3.8) is 0 Å². The Labute approximate surface area is 75.1 Å². The Balaban J connectivity index is 1.86. The second kappa shape index (κ2) is 2.46. The van der Waals surface area contributed by atoms with Gasteiger partial charge in [-0.1, -0.05) is 0 Å². The average Bonchev–Trinajstić information content (AvgIpc) is 2.80. The maximum atomic E-state index is 6.25. The SMILES string of the molecule is CN(C)CCC1(C2(N)CC2)CC1. The number of nitrogens with two attached hydrogens (primary N) is 1. The molecule has 0 heterocycles. The summed E-state index contributed by atoms with van der Waals surface area (Å²) >= 11 is 0. The lowest BCUT2D eigenvalue weighted by molar-refractivity contribution is 0.290. The fraction of sp³-hybridized carbons (Fsp3) is 1.00. The first-order valence-electron chi connectivity index (χ1n) is 5.02. The smallest absolute Gasteiger partial charge is 0.0213 e. The second-order valence-electron chi connectivity index (χ2n) is 4.99. The van der Waals surface area contributed by atoms with Crippen LogP contribution in [0.1, 0.15) is 32.1 Å². The van der Waals surface area contributed by atoms with E-state index >= 15 is 0 Å². The van der Waals surface area contributed by atoms with Gasteiger partial charge in [-0.25, -0.2) is 0 Å². The summed E-state index contributed by atoms with van der Waals surface area (Å²) in [6, 6.07) is 0. The van der Waals surface area contributed by atoms with E-state index in [9.17, 15) is 0 Å². The molecular weight excluding hydrogens is 148 g/mol. The molecule has 0 saturated heterocycles. The van der Waals surface area contributed by atoms with Gasteiger partial charge in [0, 0.05) is 5.54 Å². The first-order chi connectivity index (χ1) is 5.58. The minimum atomic E-state index is 0.267. The van der Waals surface area contributed by atoms with E-state index in [0.29, 0.717) is 5.41 Å². The van der Waals surface area contributed by atoms with E-state index in [1.807, 2.05) is 0 Å². The highest BCUT2D eigenvalue weighted by Crippen LogP contribution is 2.64. The quantitative estimate of drug-likeness (QED) is 0.683. The van der Waals surface area contributed by atoms with Gasteiger partial charge in [-0.3, -0.25) is 0 Å². The van der Waals surface area contributed by atoms with Crippen LogP contribution in [0, 0.1) is 5.41 Å². The molecule has 2 fully saturated rings. The normalized spacial score (nSPS) is 29.0. The molecule has 2 aliphatic carbocycles. The average molecular weight is 168 g/mol. The molecule has 0 atom stereocenters. The van der Waals surface area contributed by atoms with Crippen LogP contribution in [-0.2, 0) is 0 Å². The fourth-order valence-electron chi connectivity index (χ4n) is 2.25. The number of rotatable bonds is 4. The lowest BCUT2D eigenvalue weighted by Crippen LogP contribution is -2.36. The Morgan fingerprint density at radius 2 is 1.75 bits per heavy atom. The summed E-state index contributed by atoms with van der Waals surface area (Å²) in [6.07, 6.45) is 6.64. The molecule has 2 aliphatic rings. The van der Waals surface area contributed by atoms with Gasteiger partial charge in [0.1, 0.15) is 0 Å². The lowest BCUT2D eigenvalue weighted by atomic mass is 9.90. The van der Waals surface area contributed by atoms with Crippen LogP contribution in [0.4, 0.5) is 0 Å². The molecule has 12 heavy (non-hydrogen) atoms. The number of nitrogens with zero attached hydrogens (tertiary/aromatic N) is 1. The standard InChI is InChI=1S/C10H20N2/c1-12(2)8-7-9(3-4-9)10(11)5-6-10/h3-8,11H2,1-2H3. The Morgan fingerprint density at radius 1 is 1.17 bits per heavy atom. The molecule has 0 spiro atoms. The predicted molar refractivity (Wildman–Crippen MR) is 51.0 cm³/mol. The highest BCUT2D eigenvalue weighted by atomic mass is 15.1. The molecule has 2 rings (SSSR count). The largest absolute Gasteiger partial charge is 0.325 e. The Morgan fingerprint density at radius 3 is 2.08 bits per heavy atom. The van der Waals surface area contributed by atoms with Crippen LogP contribution in [-0.4, -0.2) is 31.1 Å². The minimum Gasteiger partial charge on any atom is -0.325 e. The Kier molecular flexibility index (Phi) is 1.74. The van der Waals surface area contributed by atoms with E-state index < -0.39 is 0 Å². The zero-order valence-electron chi connectivity index (χ0n) is 8.27. The van der Waals surface area contributed by atoms with Crippen molar-refractivity contribution in [3.05, 3.63) is 0 Å². The van der Waals surface area contributed by atoms with Crippen molar-refractivity contribution in [3.8, 4) is 0 Å². The third-order valence-corrected chi connectivity index (χ3v) is 3.74. The van der Waals surface area contributed by atoms with Gasteiger partial charge < -0.3 is 10.6 Å². The van der Waals surface area contributed by atoms with E-state index in [0.717, 1.165) is 0 Å². The highest BCUT2D eigenvalue weighted by Gasteiger charge is 2.62. The van der Waals surface area contributed by atoms with Crippen molar-refractivity contribution in [1.82, 2.24) is 4.90 Å². The van der Waals surface area contributed by atoms with Crippen LogP contribution in [0.15, 0.2) is 0 Å². The Hall–Kier alpha value is -0.0800. The zero-order chi connectivity index (χ0) is 8.82. The van der Waals surface area contributed by atoms with Crippen LogP contribution in [0.5, 0.6) is 0 Å². The van der Waals surface area contributed by atoms with Crippen molar-refractivity contribution in [2.45, 2.75) is 37.6 Å². The van der Waals surface area contributed by atoms with E-state index in [1.54, 1.807) is 0 Å². The fourth-order valence-corrected chi connectivity index (χ4v) is 2.25. The van der Waals surface area contributed by atoms with Crippen molar-refractivity contribution in [1.29, 1.82) is 0 Å². The van der Waals surface area contributed by atoms with E-state index in [1.165, 1.54) is 38.6 Å². The third-order valence-electron chi connectivity index (χ3n) is 3.74. The van der Waals surface area contributed by atoms with Gasteiger partial charge in [-0.05, 0) is 58.2 Å². The first-order valence-corrected chi connectivity index (χ1v) is 5.02. The molecule has 0 unspecified atom stereocenters. The van der Waals surface area contributed by atoms with Crippen LogP contribution >= 0.6 is 0 Å². The predicted octanol–water partition coefficient (Wildman–Crippen LogP) is 1.21.